The van der Waals surface area contributed by atoms with Crippen molar-refractivity contribution in [1.29, 1.82) is 0 Å². The van der Waals surface area contributed by atoms with Gasteiger partial charge in [0.1, 0.15) is 0 Å². The number of piperidine rings is 2. The highest BCUT2D eigenvalue weighted by Gasteiger charge is 2.36. The van der Waals surface area contributed by atoms with E-state index in [4.69, 9.17) is 0 Å². The Morgan fingerprint density at radius 2 is 2.04 bits per heavy atom. The van der Waals surface area contributed by atoms with Crippen molar-refractivity contribution in [3.05, 3.63) is 35.9 Å². The maximum atomic E-state index is 4.53. The number of aliphatic imine (C=N–C) groups is 1. The van der Waals surface area contributed by atoms with Crippen LogP contribution in [0.2, 0.25) is 0 Å². The van der Waals surface area contributed by atoms with Crippen molar-refractivity contribution < 1.29 is 0 Å². The molecule has 4 heteroatoms. The summed E-state index contributed by atoms with van der Waals surface area (Å²) in [5.74, 6) is 1.88. The zero-order chi connectivity index (χ0) is 17.5. The van der Waals surface area contributed by atoms with Crippen LogP contribution < -0.4 is 5.32 Å². The van der Waals surface area contributed by atoms with Crippen molar-refractivity contribution in [2.24, 2.45) is 10.9 Å². The molecule has 3 rings (SSSR count). The minimum absolute atomic E-state index is 0.735. The summed E-state index contributed by atoms with van der Waals surface area (Å²) >= 11 is 0. The van der Waals surface area contributed by atoms with Crippen LogP contribution in [0.15, 0.2) is 35.3 Å². The van der Waals surface area contributed by atoms with E-state index in [1.54, 1.807) is 0 Å². The van der Waals surface area contributed by atoms with Gasteiger partial charge in [0.05, 0.1) is 0 Å². The van der Waals surface area contributed by atoms with Crippen LogP contribution in [-0.4, -0.2) is 55.0 Å². The molecule has 0 spiro atoms. The van der Waals surface area contributed by atoms with Gasteiger partial charge in [-0.1, -0.05) is 43.7 Å². The standard InChI is InChI=1S/C21H34N4/c1-3-4-13-23-21(22-2)25-15-12-20-19(17-25)11-8-14-24(20)16-18-9-6-5-7-10-18/h5-7,9-10,19-20H,3-4,8,11-17H2,1-2H3,(H,22,23). The van der Waals surface area contributed by atoms with Gasteiger partial charge in [-0.2, -0.15) is 0 Å². The first-order valence-corrected chi connectivity index (χ1v) is 10.1. The Morgan fingerprint density at radius 3 is 2.80 bits per heavy atom. The second-order valence-electron chi connectivity index (χ2n) is 7.49. The molecule has 0 saturated carbocycles. The first-order chi connectivity index (χ1) is 12.3. The lowest BCUT2D eigenvalue weighted by atomic mass is 9.83. The Bertz CT molecular complexity index is 542. The molecule has 0 bridgehead atoms. The lowest BCUT2D eigenvalue weighted by molar-refractivity contribution is 0.0372. The lowest BCUT2D eigenvalue weighted by Crippen LogP contribution is -2.56. The molecule has 1 aromatic carbocycles. The summed E-state index contributed by atoms with van der Waals surface area (Å²) in [7, 11) is 1.92. The molecule has 2 aliphatic rings. The normalized spacial score (nSPS) is 24.9. The largest absolute Gasteiger partial charge is 0.356 e. The molecular formula is C21H34N4. The van der Waals surface area contributed by atoms with Crippen LogP contribution >= 0.6 is 0 Å². The molecule has 2 fully saturated rings. The highest BCUT2D eigenvalue weighted by molar-refractivity contribution is 5.80. The molecule has 1 aromatic rings. The minimum atomic E-state index is 0.735. The number of benzene rings is 1. The topological polar surface area (TPSA) is 30.9 Å². The molecule has 138 valence electrons. The van der Waals surface area contributed by atoms with Crippen molar-refractivity contribution in [2.45, 2.75) is 51.6 Å². The van der Waals surface area contributed by atoms with E-state index in [1.165, 1.54) is 44.2 Å². The second kappa shape index (κ2) is 9.23. The zero-order valence-electron chi connectivity index (χ0n) is 16.0. The van der Waals surface area contributed by atoms with E-state index in [9.17, 15) is 0 Å². The molecule has 2 saturated heterocycles. The van der Waals surface area contributed by atoms with Crippen LogP contribution in [0.3, 0.4) is 0 Å². The fourth-order valence-corrected chi connectivity index (χ4v) is 4.42. The zero-order valence-corrected chi connectivity index (χ0v) is 16.0. The highest BCUT2D eigenvalue weighted by Crippen LogP contribution is 2.31. The fraction of sp³-hybridized carbons (Fsp3) is 0.667. The Hall–Kier alpha value is -1.55. The Labute approximate surface area is 153 Å². The molecule has 0 amide bonds. The van der Waals surface area contributed by atoms with E-state index in [0.29, 0.717) is 0 Å². The van der Waals surface area contributed by atoms with Crippen LogP contribution in [0, 0.1) is 5.92 Å². The van der Waals surface area contributed by atoms with Crippen LogP contribution in [0.1, 0.15) is 44.6 Å². The van der Waals surface area contributed by atoms with Crippen LogP contribution in [0.25, 0.3) is 0 Å². The molecule has 2 heterocycles. The smallest absolute Gasteiger partial charge is 0.193 e. The van der Waals surface area contributed by atoms with Crippen molar-refractivity contribution >= 4 is 5.96 Å². The fourth-order valence-electron chi connectivity index (χ4n) is 4.42. The van der Waals surface area contributed by atoms with E-state index in [-0.39, 0.29) is 0 Å². The average Bonchev–Trinajstić information content (AvgIpc) is 2.66. The number of nitrogens with one attached hydrogen (secondary N) is 1. The van der Waals surface area contributed by atoms with Crippen molar-refractivity contribution in [3.8, 4) is 0 Å². The van der Waals surface area contributed by atoms with Gasteiger partial charge < -0.3 is 10.2 Å². The summed E-state index contributed by atoms with van der Waals surface area (Å²) in [6.07, 6.45) is 6.38. The summed E-state index contributed by atoms with van der Waals surface area (Å²) in [5.41, 5.74) is 1.45. The van der Waals surface area contributed by atoms with Gasteiger partial charge in [-0.05, 0) is 43.7 Å². The summed E-state index contributed by atoms with van der Waals surface area (Å²) in [4.78, 5) is 9.74. The number of unbranched alkanes of at least 4 members (excludes halogenated alkanes) is 1. The van der Waals surface area contributed by atoms with Gasteiger partial charge in [-0.15, -0.1) is 0 Å². The average molecular weight is 343 g/mol. The Balaban J connectivity index is 1.58. The predicted octanol–water partition coefficient (Wildman–Crippen LogP) is 3.35. The highest BCUT2D eigenvalue weighted by atomic mass is 15.3. The number of hydrogen-bond acceptors (Lipinski definition) is 2. The van der Waals surface area contributed by atoms with E-state index in [1.807, 2.05) is 7.05 Å². The van der Waals surface area contributed by atoms with Crippen LogP contribution in [0.5, 0.6) is 0 Å². The van der Waals surface area contributed by atoms with E-state index < -0.39 is 0 Å². The third kappa shape index (κ3) is 4.75. The molecule has 2 unspecified atom stereocenters. The van der Waals surface area contributed by atoms with Crippen LogP contribution in [-0.2, 0) is 6.54 Å². The number of likely N-dealkylation sites (tertiary alicyclic amines) is 2. The molecule has 1 N–H and O–H groups in total. The first kappa shape index (κ1) is 18.2. The maximum Gasteiger partial charge on any atom is 0.193 e. The van der Waals surface area contributed by atoms with Gasteiger partial charge in [0.2, 0.25) is 0 Å². The van der Waals surface area contributed by atoms with Crippen molar-refractivity contribution in [1.82, 2.24) is 15.1 Å². The number of hydrogen-bond donors (Lipinski definition) is 1. The molecule has 4 nitrogen and oxygen atoms in total. The van der Waals surface area contributed by atoms with Gasteiger partial charge in [0, 0.05) is 39.3 Å². The molecular weight excluding hydrogens is 308 g/mol. The van der Waals surface area contributed by atoms with Gasteiger partial charge in [-0.3, -0.25) is 9.89 Å². The van der Waals surface area contributed by atoms with Gasteiger partial charge in [0.25, 0.3) is 0 Å². The predicted molar refractivity (Wildman–Crippen MR) is 106 cm³/mol. The third-order valence-corrected chi connectivity index (χ3v) is 5.74. The van der Waals surface area contributed by atoms with Gasteiger partial charge >= 0.3 is 0 Å². The van der Waals surface area contributed by atoms with E-state index in [0.717, 1.165) is 44.1 Å². The quantitative estimate of drug-likeness (QED) is 0.506. The molecule has 0 aliphatic carbocycles. The van der Waals surface area contributed by atoms with Crippen molar-refractivity contribution in [3.63, 3.8) is 0 Å². The van der Waals surface area contributed by atoms with E-state index in [2.05, 4.69) is 57.4 Å². The summed E-state index contributed by atoms with van der Waals surface area (Å²) < 4.78 is 0. The number of guanidine groups is 1. The molecule has 2 atom stereocenters. The number of fused-ring (bicyclic) bond motifs is 1. The van der Waals surface area contributed by atoms with Crippen molar-refractivity contribution in [2.75, 3.05) is 33.2 Å². The third-order valence-electron chi connectivity index (χ3n) is 5.74. The summed E-state index contributed by atoms with van der Waals surface area (Å²) in [6, 6.07) is 11.7. The molecule has 25 heavy (non-hydrogen) atoms. The second-order valence-corrected chi connectivity index (χ2v) is 7.49. The van der Waals surface area contributed by atoms with Gasteiger partial charge in [-0.25, -0.2) is 0 Å². The number of rotatable bonds is 5. The van der Waals surface area contributed by atoms with Crippen LogP contribution in [0.4, 0.5) is 0 Å². The first-order valence-electron chi connectivity index (χ1n) is 10.1. The van der Waals surface area contributed by atoms with Gasteiger partial charge in [0.15, 0.2) is 5.96 Å². The molecule has 2 aliphatic heterocycles. The SMILES string of the molecule is CCCCNC(=NC)N1CCC2C(CCCN2Cc2ccccc2)C1. The monoisotopic (exact) mass is 342 g/mol. The van der Waals surface area contributed by atoms with E-state index >= 15 is 0 Å². The summed E-state index contributed by atoms with van der Waals surface area (Å²) in [5, 5.41) is 3.55. The lowest BCUT2D eigenvalue weighted by Gasteiger charge is -2.48. The maximum absolute atomic E-state index is 4.53. The Morgan fingerprint density at radius 1 is 1.20 bits per heavy atom. The Kier molecular flexibility index (Phi) is 6.74. The molecule has 0 radical (unpaired) electrons. The minimum Gasteiger partial charge on any atom is -0.356 e. The number of nitrogens with zero attached hydrogens (tertiary/aromatic N) is 3. The summed E-state index contributed by atoms with van der Waals surface area (Å²) in [6.45, 7) is 7.90. The molecule has 0 aromatic heterocycles.